The van der Waals surface area contributed by atoms with Crippen LogP contribution in [0.25, 0.3) is 0 Å². The van der Waals surface area contributed by atoms with Gasteiger partial charge in [-0.05, 0) is 64.5 Å². The van der Waals surface area contributed by atoms with Crippen molar-refractivity contribution in [3.63, 3.8) is 0 Å². The van der Waals surface area contributed by atoms with Crippen molar-refractivity contribution >= 4 is 17.2 Å². The Kier molecular flexibility index (Phi) is 5.75. The standard InChI is InChI=1S/C15H26N4OS/c1-11-13(8-14(21-11)15(20)17-16)10-19(3)9-12-4-6-18(2)7-5-12/h8,12H,4-7,9-10,16H2,1-3H3,(H,17,20). The highest BCUT2D eigenvalue weighted by molar-refractivity contribution is 7.14. The highest BCUT2D eigenvalue weighted by Crippen LogP contribution is 2.24. The first kappa shape index (κ1) is 16.4. The molecule has 1 amide bonds. The minimum Gasteiger partial charge on any atom is -0.306 e. The minimum absolute atomic E-state index is 0.202. The van der Waals surface area contributed by atoms with Crippen LogP contribution in [0, 0.1) is 12.8 Å². The fourth-order valence-corrected chi connectivity index (χ4v) is 3.84. The number of hydrogen-bond donors (Lipinski definition) is 2. The maximum Gasteiger partial charge on any atom is 0.275 e. The normalized spacial score (nSPS) is 17.4. The number of nitrogen functional groups attached to an aromatic ring is 1. The molecule has 0 aliphatic carbocycles. The fourth-order valence-electron chi connectivity index (χ4n) is 2.90. The lowest BCUT2D eigenvalue weighted by Gasteiger charge is -2.31. The molecule has 2 rings (SSSR count). The van der Waals surface area contributed by atoms with Crippen molar-refractivity contribution in [3.8, 4) is 0 Å². The fraction of sp³-hybridized carbons (Fsp3) is 0.667. The molecule has 0 bridgehead atoms. The molecule has 118 valence electrons. The summed E-state index contributed by atoms with van der Waals surface area (Å²) in [6.07, 6.45) is 2.56. The smallest absolute Gasteiger partial charge is 0.275 e. The largest absolute Gasteiger partial charge is 0.306 e. The first-order chi connectivity index (χ1) is 9.99. The SMILES string of the molecule is Cc1sc(C(=O)NN)cc1CN(C)CC1CCN(C)CC1. The minimum atomic E-state index is -0.202. The van der Waals surface area contributed by atoms with Crippen LogP contribution in [-0.2, 0) is 6.54 Å². The van der Waals surface area contributed by atoms with E-state index in [1.54, 1.807) is 0 Å². The Morgan fingerprint density at radius 2 is 2.19 bits per heavy atom. The number of likely N-dealkylation sites (tertiary alicyclic amines) is 1. The van der Waals surface area contributed by atoms with E-state index in [2.05, 4.69) is 36.2 Å². The first-order valence-electron chi connectivity index (χ1n) is 7.47. The molecular weight excluding hydrogens is 284 g/mol. The van der Waals surface area contributed by atoms with E-state index in [0.717, 1.165) is 19.0 Å². The van der Waals surface area contributed by atoms with Gasteiger partial charge in [-0.3, -0.25) is 10.2 Å². The van der Waals surface area contributed by atoms with Crippen LogP contribution in [0.15, 0.2) is 6.07 Å². The van der Waals surface area contributed by atoms with Gasteiger partial charge < -0.3 is 9.80 Å². The molecule has 0 aromatic carbocycles. The Labute approximate surface area is 131 Å². The zero-order valence-electron chi connectivity index (χ0n) is 13.2. The summed E-state index contributed by atoms with van der Waals surface area (Å²) in [4.78, 5) is 18.2. The lowest BCUT2D eigenvalue weighted by molar-refractivity contribution is 0.0957. The lowest BCUT2D eigenvalue weighted by Crippen LogP contribution is -2.35. The number of aryl methyl sites for hydroxylation is 1. The van der Waals surface area contributed by atoms with Crippen molar-refractivity contribution in [1.29, 1.82) is 0 Å². The number of piperidine rings is 1. The second-order valence-corrected chi connectivity index (χ2v) is 7.37. The molecule has 0 unspecified atom stereocenters. The monoisotopic (exact) mass is 310 g/mol. The van der Waals surface area contributed by atoms with E-state index < -0.39 is 0 Å². The molecule has 6 heteroatoms. The highest BCUT2D eigenvalue weighted by atomic mass is 32.1. The van der Waals surface area contributed by atoms with Crippen molar-refractivity contribution in [3.05, 3.63) is 21.4 Å². The van der Waals surface area contributed by atoms with Crippen LogP contribution < -0.4 is 11.3 Å². The second-order valence-electron chi connectivity index (χ2n) is 6.11. The lowest BCUT2D eigenvalue weighted by atomic mass is 9.96. The number of nitrogens with two attached hydrogens (primary N) is 1. The van der Waals surface area contributed by atoms with Crippen LogP contribution in [0.3, 0.4) is 0 Å². The molecule has 2 heterocycles. The summed E-state index contributed by atoms with van der Waals surface area (Å²) in [6, 6.07) is 1.97. The Bertz CT molecular complexity index is 480. The molecule has 0 atom stereocenters. The number of rotatable bonds is 5. The number of hydrogen-bond acceptors (Lipinski definition) is 5. The predicted octanol–water partition coefficient (Wildman–Crippen LogP) is 1.43. The zero-order chi connectivity index (χ0) is 15.4. The molecule has 0 saturated carbocycles. The summed E-state index contributed by atoms with van der Waals surface area (Å²) < 4.78 is 0. The number of carbonyl (C=O) groups excluding carboxylic acids is 1. The van der Waals surface area contributed by atoms with Gasteiger partial charge in [0.2, 0.25) is 0 Å². The Morgan fingerprint density at radius 3 is 2.81 bits per heavy atom. The molecule has 21 heavy (non-hydrogen) atoms. The van der Waals surface area contributed by atoms with Gasteiger partial charge in [0, 0.05) is 18.0 Å². The molecule has 0 spiro atoms. The second kappa shape index (κ2) is 7.35. The number of amides is 1. The molecule has 1 saturated heterocycles. The molecular formula is C15H26N4OS. The van der Waals surface area contributed by atoms with Crippen LogP contribution in [-0.4, -0.2) is 49.4 Å². The van der Waals surface area contributed by atoms with E-state index >= 15 is 0 Å². The van der Waals surface area contributed by atoms with Gasteiger partial charge in [-0.15, -0.1) is 11.3 Å². The molecule has 1 aromatic heterocycles. The van der Waals surface area contributed by atoms with Crippen LogP contribution in [0.2, 0.25) is 0 Å². The molecule has 1 aliphatic heterocycles. The average molecular weight is 310 g/mol. The Hall–Kier alpha value is -0.950. The van der Waals surface area contributed by atoms with Crippen LogP contribution in [0.4, 0.5) is 0 Å². The molecule has 1 aliphatic rings. The molecule has 0 radical (unpaired) electrons. The average Bonchev–Trinajstić information content (AvgIpc) is 2.82. The van der Waals surface area contributed by atoms with E-state index in [9.17, 15) is 4.79 Å². The Balaban J connectivity index is 1.89. The van der Waals surface area contributed by atoms with Gasteiger partial charge in [0.1, 0.15) is 0 Å². The van der Waals surface area contributed by atoms with E-state index in [1.807, 2.05) is 6.07 Å². The van der Waals surface area contributed by atoms with Gasteiger partial charge in [-0.1, -0.05) is 0 Å². The number of thiophene rings is 1. The number of nitrogens with zero attached hydrogens (tertiary/aromatic N) is 2. The summed E-state index contributed by atoms with van der Waals surface area (Å²) in [7, 11) is 4.36. The maximum atomic E-state index is 11.6. The van der Waals surface area contributed by atoms with Crippen molar-refractivity contribution in [2.75, 3.05) is 33.7 Å². The Morgan fingerprint density at radius 1 is 1.52 bits per heavy atom. The van der Waals surface area contributed by atoms with Gasteiger partial charge in [-0.2, -0.15) is 0 Å². The summed E-state index contributed by atoms with van der Waals surface area (Å²) in [5.41, 5.74) is 3.43. The quantitative estimate of drug-likeness (QED) is 0.491. The van der Waals surface area contributed by atoms with Crippen molar-refractivity contribution < 1.29 is 4.79 Å². The number of carbonyl (C=O) groups is 1. The third-order valence-electron chi connectivity index (χ3n) is 4.22. The first-order valence-corrected chi connectivity index (χ1v) is 8.28. The summed E-state index contributed by atoms with van der Waals surface area (Å²) in [5.74, 6) is 5.78. The van der Waals surface area contributed by atoms with Gasteiger partial charge in [0.25, 0.3) is 5.91 Å². The highest BCUT2D eigenvalue weighted by Gasteiger charge is 2.19. The summed E-state index contributed by atoms with van der Waals surface area (Å²) in [5, 5.41) is 0. The van der Waals surface area contributed by atoms with Gasteiger partial charge in [0.05, 0.1) is 4.88 Å². The predicted molar refractivity (Wildman–Crippen MR) is 87.3 cm³/mol. The number of nitrogens with one attached hydrogen (secondary N) is 1. The molecule has 5 nitrogen and oxygen atoms in total. The van der Waals surface area contributed by atoms with Gasteiger partial charge in [-0.25, -0.2) is 5.84 Å². The van der Waals surface area contributed by atoms with Crippen LogP contribution >= 0.6 is 11.3 Å². The number of hydrazine groups is 1. The third-order valence-corrected chi connectivity index (χ3v) is 5.32. The van der Waals surface area contributed by atoms with Gasteiger partial charge >= 0.3 is 0 Å². The zero-order valence-corrected chi connectivity index (χ0v) is 14.0. The van der Waals surface area contributed by atoms with E-state index in [4.69, 9.17) is 5.84 Å². The maximum absolute atomic E-state index is 11.6. The van der Waals surface area contributed by atoms with Crippen LogP contribution in [0.5, 0.6) is 0 Å². The van der Waals surface area contributed by atoms with Crippen LogP contribution in [0.1, 0.15) is 33.0 Å². The summed E-state index contributed by atoms with van der Waals surface area (Å²) in [6.45, 7) is 6.50. The van der Waals surface area contributed by atoms with E-state index in [-0.39, 0.29) is 5.91 Å². The van der Waals surface area contributed by atoms with Crippen molar-refractivity contribution in [2.24, 2.45) is 11.8 Å². The molecule has 3 N–H and O–H groups in total. The molecule has 1 aromatic rings. The summed E-state index contributed by atoms with van der Waals surface area (Å²) >= 11 is 1.51. The van der Waals surface area contributed by atoms with E-state index in [1.165, 1.54) is 47.7 Å². The third kappa shape index (κ3) is 4.51. The van der Waals surface area contributed by atoms with Gasteiger partial charge in [0.15, 0.2) is 0 Å². The topological polar surface area (TPSA) is 61.6 Å². The van der Waals surface area contributed by atoms with Crippen molar-refractivity contribution in [2.45, 2.75) is 26.3 Å². The molecule has 1 fully saturated rings. The van der Waals surface area contributed by atoms with Crippen molar-refractivity contribution in [1.82, 2.24) is 15.2 Å². The van der Waals surface area contributed by atoms with E-state index in [0.29, 0.717) is 4.88 Å².